The molecular formula is C11H19N5O3. The lowest BCUT2D eigenvalue weighted by atomic mass is 9.87. The summed E-state index contributed by atoms with van der Waals surface area (Å²) in [7, 11) is 1.72. The average Bonchev–Trinajstić information content (AvgIpc) is 2.67. The molecule has 0 unspecified atom stereocenters. The van der Waals surface area contributed by atoms with Crippen molar-refractivity contribution < 1.29 is 14.7 Å². The van der Waals surface area contributed by atoms with Crippen LogP contribution in [0.25, 0.3) is 0 Å². The van der Waals surface area contributed by atoms with Crippen LogP contribution in [-0.2, 0) is 18.4 Å². The van der Waals surface area contributed by atoms with Crippen molar-refractivity contribution in [2.45, 2.75) is 33.4 Å². The fraction of sp³-hybridized carbons (Fsp3) is 0.636. The van der Waals surface area contributed by atoms with Crippen LogP contribution in [0.1, 0.15) is 26.6 Å². The molecule has 1 aromatic rings. The largest absolute Gasteiger partial charge is 0.480 e. The number of hydrogen-bond acceptors (Lipinski definition) is 4. The first-order valence-electron chi connectivity index (χ1n) is 5.82. The van der Waals surface area contributed by atoms with Crippen LogP contribution in [0.5, 0.6) is 0 Å². The minimum absolute atomic E-state index is 0.142. The number of nitrogens with zero attached hydrogens (tertiary/aromatic N) is 3. The second kappa shape index (κ2) is 5.68. The molecule has 0 spiro atoms. The summed E-state index contributed by atoms with van der Waals surface area (Å²) < 4.78 is 1.52. The Morgan fingerprint density at radius 3 is 2.53 bits per heavy atom. The van der Waals surface area contributed by atoms with Crippen LogP contribution >= 0.6 is 0 Å². The molecule has 3 N–H and O–H groups in total. The highest BCUT2D eigenvalue weighted by Crippen LogP contribution is 2.19. The number of nitrogens with one attached hydrogen (secondary N) is 2. The second-order valence-corrected chi connectivity index (χ2v) is 5.30. The fourth-order valence-corrected chi connectivity index (χ4v) is 1.46. The third-order valence-corrected chi connectivity index (χ3v) is 2.44. The van der Waals surface area contributed by atoms with Crippen molar-refractivity contribution in [1.82, 2.24) is 25.4 Å². The van der Waals surface area contributed by atoms with E-state index in [4.69, 9.17) is 5.11 Å². The van der Waals surface area contributed by atoms with E-state index in [-0.39, 0.29) is 6.54 Å². The zero-order valence-corrected chi connectivity index (χ0v) is 11.5. The number of urea groups is 1. The Balaban J connectivity index is 2.52. The van der Waals surface area contributed by atoms with Gasteiger partial charge in [-0.2, -0.15) is 5.10 Å². The molecule has 0 aliphatic heterocycles. The van der Waals surface area contributed by atoms with Crippen LogP contribution in [0.2, 0.25) is 0 Å². The van der Waals surface area contributed by atoms with E-state index < -0.39 is 23.5 Å². The Labute approximate surface area is 111 Å². The lowest BCUT2D eigenvalue weighted by Crippen LogP contribution is -2.52. The van der Waals surface area contributed by atoms with Crippen molar-refractivity contribution in [3.63, 3.8) is 0 Å². The summed E-state index contributed by atoms with van der Waals surface area (Å²) in [5, 5.41) is 18.0. The molecular weight excluding hydrogens is 250 g/mol. The maximum Gasteiger partial charge on any atom is 0.326 e. The van der Waals surface area contributed by atoms with E-state index >= 15 is 0 Å². The number of carboxylic acid groups (broad SMARTS) is 1. The predicted molar refractivity (Wildman–Crippen MR) is 67.3 cm³/mol. The number of aliphatic carboxylic acids is 1. The van der Waals surface area contributed by atoms with Crippen molar-refractivity contribution in [1.29, 1.82) is 0 Å². The Hall–Kier alpha value is -2.12. The fourth-order valence-electron chi connectivity index (χ4n) is 1.46. The lowest BCUT2D eigenvalue weighted by molar-refractivity contribution is -0.141. The average molecular weight is 269 g/mol. The van der Waals surface area contributed by atoms with E-state index in [1.807, 2.05) is 0 Å². The molecule has 0 saturated heterocycles. The number of rotatable bonds is 4. The number of amides is 2. The maximum atomic E-state index is 11.6. The molecule has 1 atom stereocenters. The van der Waals surface area contributed by atoms with Crippen LogP contribution < -0.4 is 10.6 Å². The molecule has 8 heteroatoms. The highest BCUT2D eigenvalue weighted by molar-refractivity contribution is 5.83. The number of aryl methyl sites for hydroxylation is 1. The van der Waals surface area contributed by atoms with Gasteiger partial charge in [0.15, 0.2) is 5.82 Å². The first kappa shape index (κ1) is 14.9. The molecule has 2 amide bonds. The molecule has 0 fully saturated rings. The van der Waals surface area contributed by atoms with Gasteiger partial charge in [-0.05, 0) is 5.41 Å². The van der Waals surface area contributed by atoms with Gasteiger partial charge >= 0.3 is 12.0 Å². The third kappa shape index (κ3) is 4.57. The van der Waals surface area contributed by atoms with Gasteiger partial charge < -0.3 is 15.7 Å². The van der Waals surface area contributed by atoms with E-state index in [1.54, 1.807) is 27.8 Å². The second-order valence-electron chi connectivity index (χ2n) is 5.30. The van der Waals surface area contributed by atoms with Crippen LogP contribution in [0.3, 0.4) is 0 Å². The topological polar surface area (TPSA) is 109 Å². The Bertz CT molecular complexity index is 463. The highest BCUT2D eigenvalue weighted by Gasteiger charge is 2.32. The molecule has 0 aliphatic rings. The number of carbonyl (C=O) groups is 2. The number of hydrogen-bond donors (Lipinski definition) is 3. The van der Waals surface area contributed by atoms with E-state index in [0.29, 0.717) is 5.82 Å². The molecule has 0 saturated carbocycles. The van der Waals surface area contributed by atoms with Crippen molar-refractivity contribution >= 4 is 12.0 Å². The van der Waals surface area contributed by atoms with Gasteiger partial charge in [0.05, 0.1) is 6.54 Å². The van der Waals surface area contributed by atoms with Gasteiger partial charge in [-0.25, -0.2) is 14.6 Å². The zero-order chi connectivity index (χ0) is 14.6. The van der Waals surface area contributed by atoms with Crippen LogP contribution in [-0.4, -0.2) is 37.9 Å². The van der Waals surface area contributed by atoms with Crippen molar-refractivity contribution in [2.24, 2.45) is 12.5 Å². The summed E-state index contributed by atoms with van der Waals surface area (Å²) in [6, 6.07) is -1.53. The number of carboxylic acids is 1. The minimum atomic E-state index is -1.07. The van der Waals surface area contributed by atoms with Crippen LogP contribution in [0.15, 0.2) is 6.33 Å². The van der Waals surface area contributed by atoms with Gasteiger partial charge in [-0.3, -0.25) is 4.68 Å². The molecule has 8 nitrogen and oxygen atoms in total. The molecule has 1 aromatic heterocycles. The summed E-state index contributed by atoms with van der Waals surface area (Å²) in [6.07, 6.45) is 1.52. The van der Waals surface area contributed by atoms with Gasteiger partial charge in [0.25, 0.3) is 0 Å². The molecule has 0 bridgehead atoms. The molecule has 19 heavy (non-hydrogen) atoms. The quantitative estimate of drug-likeness (QED) is 0.719. The first-order chi connectivity index (χ1) is 8.70. The monoisotopic (exact) mass is 269 g/mol. The van der Waals surface area contributed by atoms with E-state index in [0.717, 1.165) is 0 Å². The molecule has 1 rings (SSSR count). The van der Waals surface area contributed by atoms with Gasteiger partial charge in [0.1, 0.15) is 12.4 Å². The lowest BCUT2D eigenvalue weighted by Gasteiger charge is -2.27. The number of carbonyl (C=O) groups excluding carboxylic acids is 1. The molecule has 0 aromatic carbocycles. The Kier molecular flexibility index (Phi) is 4.47. The van der Waals surface area contributed by atoms with Crippen LogP contribution in [0, 0.1) is 5.41 Å². The van der Waals surface area contributed by atoms with E-state index in [1.165, 1.54) is 11.0 Å². The highest BCUT2D eigenvalue weighted by atomic mass is 16.4. The summed E-state index contributed by atoms with van der Waals surface area (Å²) in [4.78, 5) is 26.7. The van der Waals surface area contributed by atoms with Crippen molar-refractivity contribution in [3.05, 3.63) is 12.2 Å². The summed E-state index contributed by atoms with van der Waals surface area (Å²) in [5.41, 5.74) is -0.577. The Morgan fingerprint density at radius 1 is 1.47 bits per heavy atom. The first-order valence-corrected chi connectivity index (χ1v) is 5.82. The SMILES string of the molecule is Cn1cnc(CNC(=O)N[C@@H](C(=O)O)C(C)(C)C)n1. The van der Waals surface area contributed by atoms with Crippen LogP contribution in [0.4, 0.5) is 4.79 Å². The molecule has 106 valence electrons. The Morgan fingerprint density at radius 2 is 2.11 bits per heavy atom. The van der Waals surface area contributed by atoms with Crippen molar-refractivity contribution in [3.8, 4) is 0 Å². The smallest absolute Gasteiger partial charge is 0.326 e. The summed E-state index contributed by atoms with van der Waals surface area (Å²) in [6.45, 7) is 5.37. The van der Waals surface area contributed by atoms with Gasteiger partial charge in [0.2, 0.25) is 0 Å². The molecule has 1 heterocycles. The van der Waals surface area contributed by atoms with Gasteiger partial charge in [0, 0.05) is 7.05 Å². The predicted octanol–water partition coefficient (Wildman–Crippen LogP) is 0.114. The molecule has 0 radical (unpaired) electrons. The third-order valence-electron chi connectivity index (χ3n) is 2.44. The van der Waals surface area contributed by atoms with Gasteiger partial charge in [-0.1, -0.05) is 20.8 Å². The van der Waals surface area contributed by atoms with Gasteiger partial charge in [-0.15, -0.1) is 0 Å². The molecule has 0 aliphatic carbocycles. The maximum absolute atomic E-state index is 11.6. The normalized spacial score (nSPS) is 12.8. The standard InChI is InChI=1S/C11H19N5O3/c1-11(2,3)8(9(17)18)14-10(19)12-5-7-13-6-16(4)15-7/h6,8H,5H2,1-4H3,(H,17,18)(H2,12,14,19)/t8-/m0/s1. The van der Waals surface area contributed by atoms with E-state index in [2.05, 4.69) is 20.7 Å². The summed E-state index contributed by atoms with van der Waals surface area (Å²) >= 11 is 0. The zero-order valence-electron chi connectivity index (χ0n) is 11.5. The van der Waals surface area contributed by atoms with Crippen molar-refractivity contribution in [2.75, 3.05) is 0 Å². The van der Waals surface area contributed by atoms with E-state index in [9.17, 15) is 9.59 Å². The minimum Gasteiger partial charge on any atom is -0.480 e. The summed E-state index contributed by atoms with van der Waals surface area (Å²) in [5.74, 6) is -0.612. The number of aromatic nitrogens is 3.